The van der Waals surface area contributed by atoms with E-state index in [0.29, 0.717) is 41.4 Å². The lowest BCUT2D eigenvalue weighted by Crippen LogP contribution is -2.44. The van der Waals surface area contributed by atoms with Crippen LogP contribution in [0.25, 0.3) is 10.9 Å². The maximum atomic E-state index is 13.0. The quantitative estimate of drug-likeness (QED) is 0.194. The van der Waals surface area contributed by atoms with E-state index < -0.39 is 42.4 Å². The molecule has 0 bridgehead atoms. The van der Waals surface area contributed by atoms with Crippen molar-refractivity contribution in [2.45, 2.75) is 32.4 Å². The molecule has 1 saturated heterocycles. The minimum Gasteiger partial charge on any atom is -0.481 e. The Morgan fingerprint density at radius 2 is 1.70 bits per heavy atom. The Balaban J connectivity index is 0.000000589. The second-order valence-corrected chi connectivity index (χ2v) is 9.95. The number of carboxylic acid groups (broad SMARTS) is 2. The highest BCUT2D eigenvalue weighted by atomic mass is 35.5. The van der Waals surface area contributed by atoms with E-state index in [9.17, 15) is 24.0 Å². The van der Waals surface area contributed by atoms with Gasteiger partial charge in [0, 0.05) is 53.6 Å². The monoisotopic (exact) mass is 633 g/mol. The first-order chi connectivity index (χ1) is 20.5. The molecule has 3 aromatic rings. The standard InChI is InChI=1S/C25H26ClN3O5.C4H6O5.CH4/c26-19-7-5-17(6-8-19)24(31)28-22(25(32)34-14-11-29-9-12-33-13-10-29)15-18-16-23(30)27-21-4-2-1-3-20(18)21;5-2(4(8)9)1-3(6)7;/h1-8,16,22H,9-15H2,(H,27,30)(H,28,31);2,5H,1H2,(H,6,7)(H,8,9);1H4. The number of aliphatic hydroxyl groups excluding tert-OH is 1. The number of pyridine rings is 1. The van der Waals surface area contributed by atoms with Gasteiger partial charge in [-0.05, 0) is 35.9 Å². The topological polar surface area (TPSA) is 196 Å². The van der Waals surface area contributed by atoms with Crippen LogP contribution in [-0.4, -0.2) is 101 Å². The van der Waals surface area contributed by atoms with Crippen LogP contribution in [-0.2, 0) is 30.3 Å². The van der Waals surface area contributed by atoms with E-state index in [-0.39, 0.29) is 26.0 Å². The number of nitrogens with zero attached hydrogens (tertiary/aromatic N) is 1. The molecule has 1 aliphatic heterocycles. The molecule has 0 saturated carbocycles. The number of morpholine rings is 1. The zero-order chi connectivity index (χ0) is 31.4. The average Bonchev–Trinajstić information content (AvgIpc) is 2.97. The van der Waals surface area contributed by atoms with E-state index in [1.807, 2.05) is 18.2 Å². The number of H-pyrrole nitrogens is 1. The number of carbonyl (C=O) groups is 4. The van der Waals surface area contributed by atoms with E-state index in [4.69, 9.17) is 36.4 Å². The number of rotatable bonds is 11. The summed E-state index contributed by atoms with van der Waals surface area (Å²) in [6.45, 7) is 3.66. The van der Waals surface area contributed by atoms with Gasteiger partial charge in [0.25, 0.3) is 5.91 Å². The summed E-state index contributed by atoms with van der Waals surface area (Å²) in [6.07, 6.45) is -2.43. The van der Waals surface area contributed by atoms with Crippen LogP contribution in [0.5, 0.6) is 0 Å². The van der Waals surface area contributed by atoms with Crippen molar-refractivity contribution in [3.05, 3.63) is 81.1 Å². The largest absolute Gasteiger partial charge is 0.481 e. The van der Waals surface area contributed by atoms with Crippen molar-refractivity contribution in [3.63, 3.8) is 0 Å². The minimum absolute atomic E-state index is 0. The number of halogens is 1. The Bertz CT molecular complexity index is 1470. The number of carboxylic acids is 2. The number of aliphatic hydroxyl groups is 1. The van der Waals surface area contributed by atoms with Gasteiger partial charge < -0.3 is 35.1 Å². The van der Waals surface area contributed by atoms with E-state index in [1.54, 1.807) is 30.3 Å². The number of esters is 1. The summed E-state index contributed by atoms with van der Waals surface area (Å²) in [5, 5.41) is 28.2. The fourth-order valence-corrected chi connectivity index (χ4v) is 4.28. The molecule has 1 aromatic heterocycles. The highest BCUT2D eigenvalue weighted by Crippen LogP contribution is 2.17. The number of hydrogen-bond acceptors (Lipinski definition) is 9. The number of hydrogen-bond donors (Lipinski definition) is 5. The molecule has 4 rings (SSSR count). The van der Waals surface area contributed by atoms with Crippen molar-refractivity contribution in [1.82, 2.24) is 15.2 Å². The number of aromatic amines is 1. The maximum absolute atomic E-state index is 13.0. The van der Waals surface area contributed by atoms with Gasteiger partial charge in [-0.25, -0.2) is 9.59 Å². The number of aliphatic carboxylic acids is 2. The number of ether oxygens (including phenoxy) is 2. The molecule has 44 heavy (non-hydrogen) atoms. The van der Waals surface area contributed by atoms with E-state index >= 15 is 0 Å². The van der Waals surface area contributed by atoms with Crippen molar-refractivity contribution in [2.24, 2.45) is 0 Å². The summed E-state index contributed by atoms with van der Waals surface area (Å²) >= 11 is 5.92. The van der Waals surface area contributed by atoms with Gasteiger partial charge >= 0.3 is 17.9 Å². The molecule has 1 fully saturated rings. The van der Waals surface area contributed by atoms with Gasteiger partial charge in [-0.2, -0.15) is 0 Å². The van der Waals surface area contributed by atoms with Crippen molar-refractivity contribution >= 4 is 46.3 Å². The van der Waals surface area contributed by atoms with Gasteiger partial charge in [0.1, 0.15) is 12.6 Å². The number of carbonyl (C=O) groups excluding carboxylic acids is 2. The smallest absolute Gasteiger partial charge is 0.333 e. The van der Waals surface area contributed by atoms with Crippen LogP contribution in [0.4, 0.5) is 0 Å². The Labute approximate surface area is 258 Å². The third-order valence-corrected chi connectivity index (χ3v) is 6.62. The first-order valence-electron chi connectivity index (χ1n) is 13.3. The summed E-state index contributed by atoms with van der Waals surface area (Å²) < 4.78 is 10.9. The number of fused-ring (bicyclic) bond motifs is 1. The third kappa shape index (κ3) is 11.4. The van der Waals surface area contributed by atoms with Crippen molar-refractivity contribution in [1.29, 1.82) is 0 Å². The molecule has 2 atom stereocenters. The summed E-state index contributed by atoms with van der Waals surface area (Å²) in [7, 11) is 0. The van der Waals surface area contributed by atoms with Gasteiger partial charge in [-0.3, -0.25) is 19.3 Å². The van der Waals surface area contributed by atoms with Crippen LogP contribution in [0, 0.1) is 0 Å². The maximum Gasteiger partial charge on any atom is 0.333 e. The van der Waals surface area contributed by atoms with Crippen LogP contribution in [0.3, 0.4) is 0 Å². The predicted molar refractivity (Wildman–Crippen MR) is 162 cm³/mol. The molecular formula is C30H36ClN3O10. The summed E-state index contributed by atoms with van der Waals surface area (Å²) in [6, 6.07) is 14.2. The molecule has 0 aliphatic carbocycles. The van der Waals surface area contributed by atoms with Gasteiger partial charge in [-0.1, -0.05) is 37.2 Å². The van der Waals surface area contributed by atoms with Crippen LogP contribution in [0.1, 0.15) is 29.8 Å². The van der Waals surface area contributed by atoms with E-state index in [1.165, 1.54) is 6.07 Å². The summed E-state index contributed by atoms with van der Waals surface area (Å²) in [5.74, 6) is -3.83. The van der Waals surface area contributed by atoms with Gasteiger partial charge in [-0.15, -0.1) is 0 Å². The Morgan fingerprint density at radius 3 is 2.32 bits per heavy atom. The summed E-state index contributed by atoms with van der Waals surface area (Å²) in [4.78, 5) is 62.5. The first kappa shape index (κ1) is 35.9. The molecule has 1 amide bonds. The molecule has 0 spiro atoms. The number of para-hydroxylation sites is 1. The van der Waals surface area contributed by atoms with Crippen molar-refractivity contribution < 1.29 is 44.0 Å². The fraction of sp³-hybridized carbons (Fsp3) is 0.367. The lowest BCUT2D eigenvalue weighted by Gasteiger charge is -2.26. The molecule has 2 aromatic carbocycles. The predicted octanol–water partition coefficient (Wildman–Crippen LogP) is 1.94. The molecule has 13 nitrogen and oxygen atoms in total. The molecule has 2 unspecified atom stereocenters. The molecule has 2 heterocycles. The fourth-order valence-electron chi connectivity index (χ4n) is 4.16. The number of nitrogens with one attached hydrogen (secondary N) is 2. The minimum atomic E-state index is -1.79. The molecule has 1 aliphatic rings. The zero-order valence-corrected chi connectivity index (χ0v) is 23.8. The molecular weight excluding hydrogens is 598 g/mol. The normalized spacial score (nSPS) is 14.2. The van der Waals surface area contributed by atoms with E-state index in [2.05, 4.69) is 15.2 Å². The third-order valence-electron chi connectivity index (χ3n) is 6.37. The van der Waals surface area contributed by atoms with Crippen LogP contribution in [0.15, 0.2) is 59.4 Å². The van der Waals surface area contributed by atoms with Gasteiger partial charge in [0.15, 0.2) is 6.10 Å². The van der Waals surface area contributed by atoms with E-state index in [0.717, 1.165) is 18.5 Å². The number of aromatic nitrogens is 1. The number of benzene rings is 2. The first-order valence-corrected chi connectivity index (χ1v) is 13.7. The Hall–Kier alpha value is -4.30. The lowest BCUT2D eigenvalue weighted by molar-refractivity contribution is -0.152. The van der Waals surface area contributed by atoms with Crippen molar-refractivity contribution in [2.75, 3.05) is 39.5 Å². The molecule has 5 N–H and O–H groups in total. The molecule has 0 radical (unpaired) electrons. The second-order valence-electron chi connectivity index (χ2n) is 9.51. The zero-order valence-electron chi connectivity index (χ0n) is 23.0. The van der Waals surface area contributed by atoms with Crippen molar-refractivity contribution in [3.8, 4) is 0 Å². The van der Waals surface area contributed by atoms with Crippen LogP contribution < -0.4 is 10.9 Å². The molecule has 14 heteroatoms. The highest BCUT2D eigenvalue weighted by Gasteiger charge is 2.25. The van der Waals surface area contributed by atoms with Gasteiger partial charge in [0.05, 0.1) is 19.6 Å². The van der Waals surface area contributed by atoms with Crippen LogP contribution in [0.2, 0.25) is 5.02 Å². The lowest BCUT2D eigenvalue weighted by atomic mass is 10.0. The highest BCUT2D eigenvalue weighted by molar-refractivity contribution is 6.30. The second kappa shape index (κ2) is 17.7. The average molecular weight is 634 g/mol. The van der Waals surface area contributed by atoms with Gasteiger partial charge in [0.2, 0.25) is 5.56 Å². The Kier molecular flexibility index (Phi) is 14.5. The number of amides is 1. The van der Waals surface area contributed by atoms with Crippen LogP contribution >= 0.6 is 11.6 Å². The SMILES string of the molecule is C.O=C(NC(Cc1cc(=O)[nH]c2ccccc12)C(=O)OCCN1CCOCC1)c1ccc(Cl)cc1.O=C(O)CC(O)C(=O)O. The summed E-state index contributed by atoms with van der Waals surface area (Å²) in [5.41, 5.74) is 1.39. The molecule has 238 valence electrons. The Morgan fingerprint density at radius 1 is 1.05 bits per heavy atom.